The fourth-order valence-corrected chi connectivity index (χ4v) is 3.56. The number of aryl methyl sites for hydroxylation is 2. The first-order valence-corrected chi connectivity index (χ1v) is 7.85. The Morgan fingerprint density at radius 1 is 1.16 bits per heavy atom. The molecule has 1 unspecified atom stereocenters. The Kier molecular flexibility index (Phi) is 4.91. The van der Waals surface area contributed by atoms with Crippen molar-refractivity contribution in [3.05, 3.63) is 55.2 Å². The van der Waals surface area contributed by atoms with E-state index < -0.39 is 0 Å². The third-order valence-electron chi connectivity index (χ3n) is 3.21. The maximum absolute atomic E-state index is 6.42. The van der Waals surface area contributed by atoms with Crippen LogP contribution in [-0.4, -0.2) is 6.54 Å². The van der Waals surface area contributed by atoms with Crippen molar-refractivity contribution in [2.45, 2.75) is 26.8 Å². The molecule has 1 atom stereocenters. The average molecular weight is 314 g/mol. The van der Waals surface area contributed by atoms with Crippen LogP contribution < -0.4 is 5.32 Å². The zero-order valence-corrected chi connectivity index (χ0v) is 13.6. The van der Waals surface area contributed by atoms with Crippen LogP contribution in [0, 0.1) is 13.8 Å². The molecular formula is C15H17Cl2NS. The molecule has 0 aliphatic heterocycles. The fraction of sp³-hybridized carbons (Fsp3) is 0.333. The van der Waals surface area contributed by atoms with E-state index in [2.05, 4.69) is 38.2 Å². The molecule has 1 aromatic carbocycles. The molecular weight excluding hydrogens is 297 g/mol. The van der Waals surface area contributed by atoms with Gasteiger partial charge in [-0.1, -0.05) is 36.2 Å². The summed E-state index contributed by atoms with van der Waals surface area (Å²) in [6, 6.07) is 8.30. The summed E-state index contributed by atoms with van der Waals surface area (Å²) in [5.74, 6) is 0. The topological polar surface area (TPSA) is 12.0 Å². The number of nitrogens with one attached hydrogen (secondary N) is 1. The summed E-state index contributed by atoms with van der Waals surface area (Å²) in [6.07, 6.45) is 0. The molecule has 2 aromatic rings. The predicted octanol–water partition coefficient (Wildman–Crippen LogP) is 5.37. The van der Waals surface area contributed by atoms with Crippen LogP contribution in [0.15, 0.2) is 24.3 Å². The second kappa shape index (κ2) is 6.27. The summed E-state index contributed by atoms with van der Waals surface area (Å²) in [5, 5.41) is 4.29. The third-order valence-corrected chi connectivity index (χ3v) is 4.83. The smallest absolute Gasteiger partial charge is 0.0931 e. The highest BCUT2D eigenvalue weighted by Crippen LogP contribution is 2.35. The van der Waals surface area contributed by atoms with Gasteiger partial charge in [0, 0.05) is 9.90 Å². The number of rotatable bonds is 4. The number of thiophene rings is 1. The van der Waals surface area contributed by atoms with E-state index in [1.54, 1.807) is 11.3 Å². The standard InChI is InChI=1S/C15H17Cl2NS/c1-4-18-15(13-5-6-14(17)19-13)11-7-9(2)10(3)8-12(11)16/h5-8,15,18H,4H2,1-3H3. The first-order valence-electron chi connectivity index (χ1n) is 6.28. The molecule has 102 valence electrons. The summed E-state index contributed by atoms with van der Waals surface area (Å²) >= 11 is 14.1. The lowest BCUT2D eigenvalue weighted by Gasteiger charge is -2.19. The summed E-state index contributed by atoms with van der Waals surface area (Å²) in [6.45, 7) is 7.16. The maximum atomic E-state index is 6.42. The van der Waals surface area contributed by atoms with Crippen LogP contribution in [0.25, 0.3) is 0 Å². The van der Waals surface area contributed by atoms with E-state index in [4.69, 9.17) is 23.2 Å². The Morgan fingerprint density at radius 2 is 1.84 bits per heavy atom. The van der Waals surface area contributed by atoms with E-state index in [-0.39, 0.29) is 6.04 Å². The molecule has 19 heavy (non-hydrogen) atoms. The van der Waals surface area contributed by atoms with E-state index in [9.17, 15) is 0 Å². The molecule has 0 aliphatic rings. The van der Waals surface area contributed by atoms with Crippen molar-refractivity contribution in [3.63, 3.8) is 0 Å². The van der Waals surface area contributed by atoms with Crippen molar-refractivity contribution < 1.29 is 0 Å². The third kappa shape index (κ3) is 3.32. The van der Waals surface area contributed by atoms with Crippen molar-refractivity contribution in [2.24, 2.45) is 0 Å². The van der Waals surface area contributed by atoms with Gasteiger partial charge in [0.1, 0.15) is 0 Å². The summed E-state index contributed by atoms with van der Waals surface area (Å²) < 4.78 is 0.804. The van der Waals surface area contributed by atoms with Crippen LogP contribution in [-0.2, 0) is 0 Å². The van der Waals surface area contributed by atoms with E-state index in [1.165, 1.54) is 16.0 Å². The Labute approximate surface area is 128 Å². The molecule has 2 rings (SSSR count). The zero-order valence-electron chi connectivity index (χ0n) is 11.3. The molecule has 0 saturated heterocycles. The van der Waals surface area contributed by atoms with E-state index >= 15 is 0 Å². The summed E-state index contributed by atoms with van der Waals surface area (Å²) in [7, 11) is 0. The highest BCUT2D eigenvalue weighted by molar-refractivity contribution is 7.16. The first-order chi connectivity index (χ1) is 9.02. The van der Waals surface area contributed by atoms with Gasteiger partial charge >= 0.3 is 0 Å². The van der Waals surface area contributed by atoms with Gasteiger partial charge in [0.15, 0.2) is 0 Å². The van der Waals surface area contributed by atoms with Crippen LogP contribution >= 0.6 is 34.5 Å². The SMILES string of the molecule is CCNC(c1ccc(Cl)s1)c1cc(C)c(C)cc1Cl. The van der Waals surface area contributed by atoms with Crippen molar-refractivity contribution in [3.8, 4) is 0 Å². The Bertz CT molecular complexity index is 578. The van der Waals surface area contributed by atoms with Crippen LogP contribution in [0.1, 0.15) is 34.5 Å². The molecule has 0 fully saturated rings. The molecule has 0 radical (unpaired) electrons. The minimum atomic E-state index is 0.106. The molecule has 1 N–H and O–H groups in total. The van der Waals surface area contributed by atoms with Crippen LogP contribution in [0.2, 0.25) is 9.36 Å². The minimum Gasteiger partial charge on any atom is -0.306 e. The Morgan fingerprint density at radius 3 is 2.42 bits per heavy atom. The van der Waals surface area contributed by atoms with Crippen LogP contribution in [0.4, 0.5) is 0 Å². The van der Waals surface area contributed by atoms with Crippen molar-refractivity contribution in [1.29, 1.82) is 0 Å². The molecule has 0 bridgehead atoms. The largest absolute Gasteiger partial charge is 0.306 e. The molecule has 0 amide bonds. The Hall–Kier alpha value is -0.540. The van der Waals surface area contributed by atoms with Crippen molar-refractivity contribution >= 4 is 34.5 Å². The van der Waals surface area contributed by atoms with Crippen molar-refractivity contribution in [1.82, 2.24) is 5.32 Å². The van der Waals surface area contributed by atoms with Gasteiger partial charge in [-0.15, -0.1) is 11.3 Å². The predicted molar refractivity (Wildman–Crippen MR) is 85.8 cm³/mol. The molecule has 0 spiro atoms. The van der Waals surface area contributed by atoms with Gasteiger partial charge in [-0.25, -0.2) is 0 Å². The first kappa shape index (κ1) is 14.9. The molecule has 1 aromatic heterocycles. The van der Waals surface area contributed by atoms with Gasteiger partial charge < -0.3 is 5.32 Å². The Balaban J connectivity index is 2.47. The highest BCUT2D eigenvalue weighted by Gasteiger charge is 2.18. The lowest BCUT2D eigenvalue weighted by atomic mass is 10.00. The quantitative estimate of drug-likeness (QED) is 0.800. The van der Waals surface area contributed by atoms with E-state index in [0.29, 0.717) is 0 Å². The van der Waals surface area contributed by atoms with Crippen LogP contribution in [0.3, 0.4) is 0 Å². The molecule has 0 aliphatic carbocycles. The monoisotopic (exact) mass is 313 g/mol. The van der Waals surface area contributed by atoms with Crippen molar-refractivity contribution in [2.75, 3.05) is 6.54 Å². The van der Waals surface area contributed by atoms with E-state index in [0.717, 1.165) is 21.5 Å². The van der Waals surface area contributed by atoms with Crippen LogP contribution in [0.5, 0.6) is 0 Å². The second-order valence-corrected chi connectivity index (χ2v) is 6.74. The average Bonchev–Trinajstić information content (AvgIpc) is 2.78. The number of halogens is 2. The summed E-state index contributed by atoms with van der Waals surface area (Å²) in [5.41, 5.74) is 3.59. The van der Waals surface area contributed by atoms with Gasteiger partial charge in [-0.3, -0.25) is 0 Å². The lowest BCUT2D eigenvalue weighted by Crippen LogP contribution is -2.21. The molecule has 0 saturated carbocycles. The molecule has 4 heteroatoms. The van der Waals surface area contributed by atoms with Gasteiger partial charge in [0.2, 0.25) is 0 Å². The number of benzene rings is 1. The molecule has 1 heterocycles. The molecule has 1 nitrogen and oxygen atoms in total. The van der Waals surface area contributed by atoms with Gasteiger partial charge in [0.05, 0.1) is 10.4 Å². The highest BCUT2D eigenvalue weighted by atomic mass is 35.5. The van der Waals surface area contributed by atoms with Gasteiger partial charge in [0.25, 0.3) is 0 Å². The summed E-state index contributed by atoms with van der Waals surface area (Å²) in [4.78, 5) is 1.19. The van der Waals surface area contributed by atoms with E-state index in [1.807, 2.05) is 12.1 Å². The number of hydrogen-bond donors (Lipinski definition) is 1. The van der Waals surface area contributed by atoms with Gasteiger partial charge in [-0.05, 0) is 55.3 Å². The van der Waals surface area contributed by atoms with Gasteiger partial charge in [-0.2, -0.15) is 0 Å². The lowest BCUT2D eigenvalue weighted by molar-refractivity contribution is 0.639. The minimum absolute atomic E-state index is 0.106. The normalized spacial score (nSPS) is 12.7. The maximum Gasteiger partial charge on any atom is 0.0931 e. The number of hydrogen-bond acceptors (Lipinski definition) is 2. The second-order valence-electron chi connectivity index (χ2n) is 4.59. The fourth-order valence-electron chi connectivity index (χ4n) is 2.08. The zero-order chi connectivity index (χ0) is 14.0.